The third-order valence-corrected chi connectivity index (χ3v) is 2.65. The van der Waals surface area contributed by atoms with Crippen molar-refractivity contribution < 1.29 is 9.21 Å². The van der Waals surface area contributed by atoms with Gasteiger partial charge in [-0.15, -0.1) is 11.6 Å². The molecule has 0 amide bonds. The fourth-order valence-corrected chi connectivity index (χ4v) is 1.74. The van der Waals surface area contributed by atoms with Gasteiger partial charge in [0.1, 0.15) is 0 Å². The lowest BCUT2D eigenvalue weighted by atomic mass is 10.1. The van der Waals surface area contributed by atoms with Crippen LogP contribution in [0, 0.1) is 0 Å². The molecule has 84 valence electrons. The quantitative estimate of drug-likeness (QED) is 0.666. The smallest absolute Gasteiger partial charge is 0.408 e. The summed E-state index contributed by atoms with van der Waals surface area (Å²) in [4.78, 5) is 25.1. The Morgan fingerprint density at radius 3 is 2.81 bits per heavy atom. The average Bonchev–Trinajstić information content (AvgIpc) is 2.54. The fourth-order valence-electron chi connectivity index (χ4n) is 1.38. The number of oxazole rings is 1. The Morgan fingerprint density at radius 1 is 1.50 bits per heavy atom. The van der Waals surface area contributed by atoms with E-state index in [2.05, 4.69) is 4.98 Å². The van der Waals surface area contributed by atoms with Crippen LogP contribution < -0.4 is 5.76 Å². The Balaban J connectivity index is 2.66. The molecule has 2 rings (SSSR count). The van der Waals surface area contributed by atoms with E-state index in [4.69, 9.17) is 27.6 Å². The average molecular weight is 260 g/mol. The second-order valence-corrected chi connectivity index (χ2v) is 4.38. The summed E-state index contributed by atoms with van der Waals surface area (Å²) in [6, 6.07) is 2.88. The maximum atomic E-state index is 11.7. The van der Waals surface area contributed by atoms with Crippen molar-refractivity contribution in [3.8, 4) is 0 Å². The highest BCUT2D eigenvalue weighted by atomic mass is 35.5. The lowest BCUT2D eigenvalue weighted by Gasteiger charge is -2.04. The highest BCUT2D eigenvalue weighted by Crippen LogP contribution is 2.24. The Bertz CT molecular complexity index is 612. The number of Topliss-reactive ketones (excluding diaryl/α,β-unsaturated/α-hetero) is 1. The first-order valence-corrected chi connectivity index (χ1v) is 5.31. The number of hydrogen-bond donors (Lipinski definition) is 1. The summed E-state index contributed by atoms with van der Waals surface area (Å²) in [7, 11) is 0. The van der Waals surface area contributed by atoms with Crippen molar-refractivity contribution >= 4 is 40.1 Å². The van der Waals surface area contributed by atoms with Gasteiger partial charge in [-0.1, -0.05) is 11.6 Å². The van der Waals surface area contributed by atoms with Crippen molar-refractivity contribution in [2.24, 2.45) is 0 Å². The second kappa shape index (κ2) is 3.96. The largest absolute Gasteiger partial charge is 0.417 e. The van der Waals surface area contributed by atoms with Crippen molar-refractivity contribution in [3.05, 3.63) is 33.3 Å². The molecule has 0 spiro atoms. The molecule has 1 N–H and O–H groups in total. The first-order chi connectivity index (χ1) is 7.49. The molecule has 0 radical (unpaired) electrons. The van der Waals surface area contributed by atoms with Crippen LogP contribution in [-0.2, 0) is 0 Å². The Morgan fingerprint density at radius 2 is 2.19 bits per heavy atom. The maximum Gasteiger partial charge on any atom is 0.417 e. The lowest BCUT2D eigenvalue weighted by molar-refractivity contribution is 0.0992. The monoisotopic (exact) mass is 259 g/mol. The highest BCUT2D eigenvalue weighted by molar-refractivity contribution is 6.39. The van der Waals surface area contributed by atoms with Gasteiger partial charge in [-0.05, 0) is 13.0 Å². The molecule has 0 aliphatic heterocycles. The van der Waals surface area contributed by atoms with Crippen LogP contribution in [0.25, 0.3) is 11.1 Å². The van der Waals surface area contributed by atoms with Crippen LogP contribution in [0.2, 0.25) is 5.02 Å². The molecule has 0 bridgehead atoms. The van der Waals surface area contributed by atoms with Crippen molar-refractivity contribution in [2.45, 2.75) is 12.3 Å². The Labute approximate surface area is 100 Å². The number of aromatic nitrogens is 1. The maximum absolute atomic E-state index is 11.7. The topological polar surface area (TPSA) is 63.1 Å². The second-order valence-electron chi connectivity index (χ2n) is 3.32. The summed E-state index contributed by atoms with van der Waals surface area (Å²) in [6.45, 7) is 1.56. The van der Waals surface area contributed by atoms with Gasteiger partial charge in [-0.2, -0.15) is 0 Å². The standard InChI is InChI=1S/C10H7Cl2NO3/c1-4(11)9(14)5-2-7-8(3-6(5)12)16-10(15)13-7/h2-4H,1H3,(H,13,15). The third-order valence-electron chi connectivity index (χ3n) is 2.14. The van der Waals surface area contributed by atoms with Crippen LogP contribution in [0.3, 0.4) is 0 Å². The summed E-state index contributed by atoms with van der Waals surface area (Å²) in [5, 5.41) is -0.457. The number of H-pyrrole nitrogens is 1. The minimum absolute atomic E-state index is 0.216. The molecule has 2 aromatic rings. The minimum atomic E-state index is -0.673. The number of halogens is 2. The third kappa shape index (κ3) is 1.86. The molecule has 1 unspecified atom stereocenters. The number of benzene rings is 1. The minimum Gasteiger partial charge on any atom is -0.408 e. The molecule has 4 nitrogen and oxygen atoms in total. The van der Waals surface area contributed by atoms with E-state index in [9.17, 15) is 9.59 Å². The summed E-state index contributed by atoms with van der Waals surface area (Å²) in [5.74, 6) is -0.884. The van der Waals surface area contributed by atoms with E-state index in [0.717, 1.165) is 0 Å². The number of alkyl halides is 1. The molecule has 1 aromatic carbocycles. The first kappa shape index (κ1) is 11.2. The summed E-state index contributed by atoms with van der Waals surface area (Å²) in [5.41, 5.74) is 1.01. The number of nitrogens with one attached hydrogen (secondary N) is 1. The van der Waals surface area contributed by atoms with Crippen molar-refractivity contribution in [2.75, 3.05) is 0 Å². The predicted molar refractivity (Wildman–Crippen MR) is 61.5 cm³/mol. The molecule has 0 aliphatic rings. The summed E-state index contributed by atoms with van der Waals surface area (Å²) >= 11 is 11.6. The van der Waals surface area contributed by atoms with Gasteiger partial charge in [0.2, 0.25) is 0 Å². The van der Waals surface area contributed by atoms with Crippen LogP contribution in [0.1, 0.15) is 17.3 Å². The van der Waals surface area contributed by atoms with E-state index >= 15 is 0 Å². The molecule has 1 atom stereocenters. The van der Waals surface area contributed by atoms with Gasteiger partial charge in [0.25, 0.3) is 0 Å². The molecular formula is C10H7Cl2NO3. The van der Waals surface area contributed by atoms with E-state index in [-0.39, 0.29) is 16.4 Å². The molecule has 0 fully saturated rings. The number of carbonyl (C=O) groups is 1. The molecule has 16 heavy (non-hydrogen) atoms. The molecule has 6 heteroatoms. The predicted octanol–water partition coefficient (Wildman–Crippen LogP) is 2.58. The van der Waals surface area contributed by atoms with Gasteiger partial charge >= 0.3 is 5.76 Å². The van der Waals surface area contributed by atoms with Gasteiger partial charge in [0, 0.05) is 11.6 Å². The van der Waals surface area contributed by atoms with Gasteiger partial charge in [0.15, 0.2) is 11.4 Å². The highest BCUT2D eigenvalue weighted by Gasteiger charge is 2.17. The van der Waals surface area contributed by atoms with Gasteiger partial charge in [-0.3, -0.25) is 9.78 Å². The van der Waals surface area contributed by atoms with Crippen LogP contribution in [-0.4, -0.2) is 16.1 Å². The summed E-state index contributed by atoms with van der Waals surface area (Å²) < 4.78 is 4.80. The molecular weight excluding hydrogens is 253 g/mol. The number of fused-ring (bicyclic) bond motifs is 1. The molecule has 0 saturated heterocycles. The normalized spacial score (nSPS) is 12.9. The molecule has 1 aromatic heterocycles. The fraction of sp³-hybridized carbons (Fsp3) is 0.200. The Kier molecular flexibility index (Phi) is 2.78. The van der Waals surface area contributed by atoms with E-state index in [1.807, 2.05) is 0 Å². The number of rotatable bonds is 2. The van der Waals surface area contributed by atoms with E-state index in [0.29, 0.717) is 11.1 Å². The SMILES string of the molecule is CC(Cl)C(=O)c1cc2[nH]c(=O)oc2cc1Cl. The number of hydrogen-bond acceptors (Lipinski definition) is 3. The van der Waals surface area contributed by atoms with Gasteiger partial charge < -0.3 is 4.42 Å². The van der Waals surface area contributed by atoms with Crippen LogP contribution >= 0.6 is 23.2 Å². The van der Waals surface area contributed by atoms with E-state index < -0.39 is 11.1 Å². The number of ketones is 1. The number of carbonyl (C=O) groups excluding carboxylic acids is 1. The number of aromatic amines is 1. The van der Waals surface area contributed by atoms with Crippen molar-refractivity contribution in [1.29, 1.82) is 0 Å². The van der Waals surface area contributed by atoms with Gasteiger partial charge in [0.05, 0.1) is 15.9 Å². The van der Waals surface area contributed by atoms with E-state index in [1.54, 1.807) is 6.92 Å². The summed E-state index contributed by atoms with van der Waals surface area (Å²) in [6.07, 6.45) is 0. The van der Waals surface area contributed by atoms with E-state index in [1.165, 1.54) is 12.1 Å². The van der Waals surface area contributed by atoms with Crippen LogP contribution in [0.5, 0.6) is 0 Å². The first-order valence-electron chi connectivity index (χ1n) is 4.49. The molecule has 1 heterocycles. The van der Waals surface area contributed by atoms with Crippen LogP contribution in [0.15, 0.2) is 21.3 Å². The molecule has 0 aliphatic carbocycles. The van der Waals surface area contributed by atoms with Gasteiger partial charge in [-0.25, -0.2) is 4.79 Å². The zero-order valence-electron chi connectivity index (χ0n) is 8.21. The lowest BCUT2D eigenvalue weighted by Crippen LogP contribution is -2.11. The van der Waals surface area contributed by atoms with Crippen molar-refractivity contribution in [3.63, 3.8) is 0 Å². The Hall–Kier alpha value is -1.26. The van der Waals surface area contributed by atoms with Crippen LogP contribution in [0.4, 0.5) is 0 Å². The zero-order valence-corrected chi connectivity index (χ0v) is 9.72. The molecule has 0 saturated carbocycles. The zero-order chi connectivity index (χ0) is 11.9. The van der Waals surface area contributed by atoms with Crippen molar-refractivity contribution in [1.82, 2.24) is 4.98 Å².